The normalized spacial score (nSPS) is 20.4. The molecular weight excluding hydrogens is 352 g/mol. The Morgan fingerprint density at radius 2 is 1.81 bits per heavy atom. The fourth-order valence-electron chi connectivity index (χ4n) is 3.69. The number of hydrogen-bond acceptors (Lipinski definition) is 6. The fourth-order valence-corrected chi connectivity index (χ4v) is 4.53. The maximum absolute atomic E-state index is 12.5. The minimum absolute atomic E-state index is 0.256. The predicted molar refractivity (Wildman–Crippen MR) is 101 cm³/mol. The molecule has 2 aliphatic rings. The Bertz CT molecular complexity index is 737. The number of amides is 1. The minimum Gasteiger partial charge on any atom is -0.356 e. The van der Waals surface area contributed by atoms with Gasteiger partial charge >= 0.3 is 0 Å². The number of piperazine rings is 1. The first kappa shape index (κ1) is 19.1. The van der Waals surface area contributed by atoms with Gasteiger partial charge in [0, 0.05) is 58.1 Å². The third-order valence-corrected chi connectivity index (χ3v) is 6.50. The molecule has 0 saturated carbocycles. The molecular formula is C18H28N4O3S. The van der Waals surface area contributed by atoms with Gasteiger partial charge < -0.3 is 14.7 Å². The van der Waals surface area contributed by atoms with Crippen LogP contribution >= 0.6 is 0 Å². The molecule has 3 heterocycles. The fraction of sp³-hybridized carbons (Fsp3) is 0.667. The molecule has 8 heteroatoms. The summed E-state index contributed by atoms with van der Waals surface area (Å²) in [6.45, 7) is 5.00. The van der Waals surface area contributed by atoms with Gasteiger partial charge in [-0.1, -0.05) is 0 Å². The topological polar surface area (TPSA) is 73.8 Å². The number of nitrogens with zero attached hydrogens (tertiary/aromatic N) is 4. The minimum atomic E-state index is -3.30. The molecule has 0 atom stereocenters. The number of piperidine rings is 1. The van der Waals surface area contributed by atoms with Crippen molar-refractivity contribution in [3.05, 3.63) is 18.3 Å². The summed E-state index contributed by atoms with van der Waals surface area (Å²) in [6.07, 6.45) is 5.22. The first-order chi connectivity index (χ1) is 12.3. The van der Waals surface area contributed by atoms with Crippen molar-refractivity contribution in [3.8, 4) is 0 Å². The predicted octanol–water partition coefficient (Wildman–Crippen LogP) is 0.866. The summed E-state index contributed by atoms with van der Waals surface area (Å²) in [6, 6.07) is 3.27. The average molecular weight is 381 g/mol. The van der Waals surface area contributed by atoms with Crippen LogP contribution in [0.2, 0.25) is 0 Å². The van der Waals surface area contributed by atoms with E-state index in [0.717, 1.165) is 52.1 Å². The second-order valence-corrected chi connectivity index (χ2v) is 9.40. The van der Waals surface area contributed by atoms with E-state index in [1.165, 1.54) is 6.26 Å². The summed E-state index contributed by atoms with van der Waals surface area (Å²) < 4.78 is 24.0. The van der Waals surface area contributed by atoms with Gasteiger partial charge in [0.05, 0.1) is 0 Å². The Balaban J connectivity index is 1.56. The highest BCUT2D eigenvalue weighted by atomic mass is 32.2. The van der Waals surface area contributed by atoms with E-state index in [1.807, 2.05) is 9.80 Å². The van der Waals surface area contributed by atoms with Gasteiger partial charge in [-0.2, -0.15) is 0 Å². The molecule has 0 aromatic carbocycles. The molecule has 0 spiro atoms. The van der Waals surface area contributed by atoms with Crippen molar-refractivity contribution in [2.45, 2.75) is 24.2 Å². The van der Waals surface area contributed by atoms with Crippen LogP contribution in [0.25, 0.3) is 0 Å². The monoisotopic (exact) mass is 380 g/mol. The molecule has 26 heavy (non-hydrogen) atoms. The van der Waals surface area contributed by atoms with Crippen molar-refractivity contribution >= 4 is 21.6 Å². The molecule has 3 rings (SSSR count). The Hall–Kier alpha value is -1.67. The number of likely N-dealkylation sites (N-methyl/N-ethyl adjacent to an activating group) is 1. The van der Waals surface area contributed by atoms with Crippen molar-refractivity contribution in [2.75, 3.05) is 57.5 Å². The third-order valence-electron chi connectivity index (χ3n) is 5.38. The van der Waals surface area contributed by atoms with Gasteiger partial charge in [-0.15, -0.1) is 0 Å². The molecule has 7 nitrogen and oxygen atoms in total. The molecule has 1 aromatic rings. The highest BCUT2D eigenvalue weighted by molar-refractivity contribution is 7.90. The number of anilines is 1. The quantitative estimate of drug-likeness (QED) is 0.772. The zero-order valence-electron chi connectivity index (χ0n) is 15.6. The lowest BCUT2D eigenvalue weighted by atomic mass is 9.93. The lowest BCUT2D eigenvalue weighted by Crippen LogP contribution is -2.47. The Morgan fingerprint density at radius 3 is 2.42 bits per heavy atom. The molecule has 0 N–H and O–H groups in total. The summed E-state index contributed by atoms with van der Waals surface area (Å²) in [7, 11) is -1.22. The van der Waals surface area contributed by atoms with Crippen molar-refractivity contribution in [3.63, 3.8) is 0 Å². The van der Waals surface area contributed by atoms with Crippen LogP contribution in [0.5, 0.6) is 0 Å². The van der Waals surface area contributed by atoms with E-state index in [0.29, 0.717) is 18.2 Å². The van der Waals surface area contributed by atoms with Crippen molar-refractivity contribution < 1.29 is 13.2 Å². The lowest BCUT2D eigenvalue weighted by Gasteiger charge is -2.36. The Kier molecular flexibility index (Phi) is 5.82. The number of sulfone groups is 1. The lowest BCUT2D eigenvalue weighted by molar-refractivity contribution is -0.133. The van der Waals surface area contributed by atoms with E-state index in [2.05, 4.69) is 16.9 Å². The van der Waals surface area contributed by atoms with Crippen LogP contribution in [0, 0.1) is 5.92 Å². The van der Waals surface area contributed by atoms with Crippen LogP contribution in [0.15, 0.2) is 23.2 Å². The third kappa shape index (κ3) is 4.54. The van der Waals surface area contributed by atoms with E-state index in [1.54, 1.807) is 18.3 Å². The first-order valence-electron chi connectivity index (χ1n) is 9.21. The number of hydrogen-bond donors (Lipinski definition) is 0. The van der Waals surface area contributed by atoms with Crippen LogP contribution in [0.3, 0.4) is 0 Å². The molecule has 0 aliphatic carbocycles. The standard InChI is InChI=1S/C18H28N4O3S/c1-20-10-12-21(13-11-20)17(23)14-15-5-8-22(9-6-15)18-16(26(2,24)25)4-3-7-19-18/h3-4,7,15H,5-6,8-14H2,1-2H3. The summed E-state index contributed by atoms with van der Waals surface area (Å²) >= 11 is 0. The van der Waals surface area contributed by atoms with Gasteiger partial charge in [-0.25, -0.2) is 13.4 Å². The van der Waals surface area contributed by atoms with Crippen LogP contribution < -0.4 is 4.90 Å². The van der Waals surface area contributed by atoms with Gasteiger partial charge in [-0.3, -0.25) is 4.79 Å². The Morgan fingerprint density at radius 1 is 1.15 bits per heavy atom. The summed E-state index contributed by atoms with van der Waals surface area (Å²) in [5.74, 6) is 1.16. The zero-order valence-corrected chi connectivity index (χ0v) is 16.4. The maximum Gasteiger partial charge on any atom is 0.222 e. The van der Waals surface area contributed by atoms with E-state index < -0.39 is 9.84 Å². The van der Waals surface area contributed by atoms with Gasteiger partial charge in [-0.05, 0) is 37.9 Å². The smallest absolute Gasteiger partial charge is 0.222 e. The molecule has 0 radical (unpaired) electrons. The largest absolute Gasteiger partial charge is 0.356 e. The molecule has 0 unspecified atom stereocenters. The van der Waals surface area contributed by atoms with Crippen LogP contribution in [-0.2, 0) is 14.6 Å². The highest BCUT2D eigenvalue weighted by Crippen LogP contribution is 2.28. The van der Waals surface area contributed by atoms with Crippen LogP contribution in [0.4, 0.5) is 5.82 Å². The van der Waals surface area contributed by atoms with Crippen molar-refractivity contribution in [1.82, 2.24) is 14.8 Å². The number of aromatic nitrogens is 1. The van der Waals surface area contributed by atoms with E-state index in [4.69, 9.17) is 0 Å². The Labute approximate surface area is 155 Å². The zero-order chi connectivity index (χ0) is 18.7. The molecule has 2 saturated heterocycles. The maximum atomic E-state index is 12.5. The van der Waals surface area contributed by atoms with E-state index in [9.17, 15) is 13.2 Å². The number of carbonyl (C=O) groups is 1. The van der Waals surface area contributed by atoms with Gasteiger partial charge in [0.1, 0.15) is 10.7 Å². The average Bonchev–Trinajstić information content (AvgIpc) is 2.62. The SMILES string of the molecule is CN1CCN(C(=O)CC2CCN(c3ncccc3S(C)(=O)=O)CC2)CC1. The molecule has 0 bridgehead atoms. The van der Waals surface area contributed by atoms with Gasteiger partial charge in [0.25, 0.3) is 0 Å². The van der Waals surface area contributed by atoms with E-state index in [-0.39, 0.29) is 10.8 Å². The molecule has 2 fully saturated rings. The number of carbonyl (C=O) groups excluding carboxylic acids is 1. The number of rotatable bonds is 4. The van der Waals surface area contributed by atoms with Crippen LogP contribution in [0.1, 0.15) is 19.3 Å². The summed E-state index contributed by atoms with van der Waals surface area (Å²) in [5, 5.41) is 0. The molecule has 1 aromatic heterocycles. The van der Waals surface area contributed by atoms with Crippen LogP contribution in [-0.4, -0.2) is 81.7 Å². The molecule has 2 aliphatic heterocycles. The van der Waals surface area contributed by atoms with Crippen molar-refractivity contribution in [2.24, 2.45) is 5.92 Å². The van der Waals surface area contributed by atoms with Gasteiger partial charge in [0.15, 0.2) is 9.84 Å². The van der Waals surface area contributed by atoms with Gasteiger partial charge in [0.2, 0.25) is 5.91 Å². The van der Waals surface area contributed by atoms with Crippen molar-refractivity contribution in [1.29, 1.82) is 0 Å². The summed E-state index contributed by atoms with van der Waals surface area (Å²) in [4.78, 5) is 23.4. The molecule has 144 valence electrons. The second-order valence-electron chi connectivity index (χ2n) is 7.42. The van der Waals surface area contributed by atoms with E-state index >= 15 is 0 Å². The summed E-state index contributed by atoms with van der Waals surface area (Å²) in [5.41, 5.74) is 0. The second kappa shape index (κ2) is 7.92. The first-order valence-corrected chi connectivity index (χ1v) is 11.1. The molecule has 1 amide bonds. The number of pyridine rings is 1. The highest BCUT2D eigenvalue weighted by Gasteiger charge is 2.27.